The van der Waals surface area contributed by atoms with Crippen LogP contribution in [0.3, 0.4) is 0 Å². The molecule has 2 nitrogen and oxygen atoms in total. The summed E-state index contributed by atoms with van der Waals surface area (Å²) in [6, 6.07) is 8.72. The molecule has 2 heteroatoms. The molecule has 2 N–H and O–H groups in total. The zero-order chi connectivity index (χ0) is 10.8. The number of nitrogens with two attached hydrogens (primary N) is 1. The Hall–Kier alpha value is -1.28. The molecule has 2 aromatic rings. The molecule has 0 saturated heterocycles. The summed E-state index contributed by atoms with van der Waals surface area (Å²) in [5.74, 6) is 0. The summed E-state index contributed by atoms with van der Waals surface area (Å²) in [6.45, 7) is 6.09. The van der Waals surface area contributed by atoms with Gasteiger partial charge in [-0.3, -0.25) is 0 Å². The molecule has 0 atom stereocenters. The van der Waals surface area contributed by atoms with Crippen LogP contribution in [0.2, 0.25) is 0 Å². The van der Waals surface area contributed by atoms with E-state index in [1.165, 1.54) is 22.2 Å². The Labute approximate surface area is 90.7 Å². The largest absolute Gasteiger partial charge is 0.345 e. The van der Waals surface area contributed by atoms with Crippen molar-refractivity contribution < 1.29 is 0 Å². The van der Waals surface area contributed by atoms with E-state index >= 15 is 0 Å². The highest BCUT2D eigenvalue weighted by atomic mass is 15.0. The molecule has 0 amide bonds. The number of rotatable bonds is 3. The van der Waals surface area contributed by atoms with Crippen LogP contribution in [0.5, 0.6) is 0 Å². The minimum Gasteiger partial charge on any atom is -0.345 e. The molecular weight excluding hydrogens is 184 g/mol. The van der Waals surface area contributed by atoms with Crippen molar-refractivity contribution in [2.75, 3.05) is 6.54 Å². The predicted molar refractivity (Wildman–Crippen MR) is 65.1 cm³/mol. The van der Waals surface area contributed by atoms with Gasteiger partial charge in [0.1, 0.15) is 0 Å². The van der Waals surface area contributed by atoms with Crippen LogP contribution in [0.15, 0.2) is 24.3 Å². The maximum absolute atomic E-state index is 5.64. The molecule has 2 rings (SSSR count). The fraction of sp³-hybridized carbons (Fsp3) is 0.385. The molecule has 15 heavy (non-hydrogen) atoms. The highest BCUT2D eigenvalue weighted by Crippen LogP contribution is 2.23. The first kappa shape index (κ1) is 10.2. The van der Waals surface area contributed by atoms with Crippen LogP contribution in [-0.4, -0.2) is 11.1 Å². The van der Waals surface area contributed by atoms with Crippen LogP contribution in [-0.2, 0) is 13.0 Å². The zero-order valence-corrected chi connectivity index (χ0v) is 9.46. The van der Waals surface area contributed by atoms with Crippen LogP contribution in [0.1, 0.15) is 18.2 Å². The molecule has 0 saturated carbocycles. The Balaban J connectivity index is 2.70. The second-order valence-corrected chi connectivity index (χ2v) is 3.92. The lowest BCUT2D eigenvalue weighted by molar-refractivity contribution is 0.764. The number of aryl methyl sites for hydroxylation is 2. The molecule has 0 unspecified atom stereocenters. The average molecular weight is 202 g/mol. The molecule has 1 heterocycles. The van der Waals surface area contributed by atoms with E-state index in [1.54, 1.807) is 0 Å². The van der Waals surface area contributed by atoms with Gasteiger partial charge in [-0.2, -0.15) is 0 Å². The van der Waals surface area contributed by atoms with Crippen molar-refractivity contribution in [3.63, 3.8) is 0 Å². The molecule has 0 aliphatic heterocycles. The van der Waals surface area contributed by atoms with Crippen LogP contribution in [0.4, 0.5) is 0 Å². The van der Waals surface area contributed by atoms with Crippen molar-refractivity contribution >= 4 is 10.9 Å². The minimum atomic E-state index is 0.715. The fourth-order valence-electron chi connectivity index (χ4n) is 2.30. The Kier molecular flexibility index (Phi) is 2.78. The van der Waals surface area contributed by atoms with E-state index in [2.05, 4.69) is 42.7 Å². The van der Waals surface area contributed by atoms with Gasteiger partial charge in [0.15, 0.2) is 0 Å². The normalized spacial score (nSPS) is 11.1. The molecular formula is C13H18N2. The summed E-state index contributed by atoms with van der Waals surface area (Å²) in [5, 5.41) is 1.33. The van der Waals surface area contributed by atoms with Crippen molar-refractivity contribution in [1.82, 2.24) is 4.57 Å². The Bertz CT molecular complexity index is 469. The van der Waals surface area contributed by atoms with Gasteiger partial charge in [-0.1, -0.05) is 18.2 Å². The molecule has 0 radical (unpaired) electrons. The second kappa shape index (κ2) is 4.07. The molecule has 1 aromatic carbocycles. The van der Waals surface area contributed by atoms with Gasteiger partial charge in [0.25, 0.3) is 0 Å². The van der Waals surface area contributed by atoms with Crippen molar-refractivity contribution in [3.05, 3.63) is 35.5 Å². The molecule has 1 aromatic heterocycles. The highest BCUT2D eigenvalue weighted by molar-refractivity contribution is 5.84. The third-order valence-corrected chi connectivity index (χ3v) is 2.94. The van der Waals surface area contributed by atoms with Crippen molar-refractivity contribution in [1.29, 1.82) is 0 Å². The maximum Gasteiger partial charge on any atom is 0.0515 e. The minimum absolute atomic E-state index is 0.715. The number of benzene rings is 1. The average Bonchev–Trinajstić information content (AvgIpc) is 2.55. The predicted octanol–water partition coefficient (Wildman–Crippen LogP) is 2.47. The molecule has 80 valence electrons. The van der Waals surface area contributed by atoms with Gasteiger partial charge >= 0.3 is 0 Å². The van der Waals surface area contributed by atoms with Gasteiger partial charge in [0.05, 0.1) is 5.52 Å². The second-order valence-electron chi connectivity index (χ2n) is 3.92. The number of nitrogens with zero attached hydrogens (tertiary/aromatic N) is 1. The zero-order valence-electron chi connectivity index (χ0n) is 9.46. The topological polar surface area (TPSA) is 30.9 Å². The summed E-state index contributed by atoms with van der Waals surface area (Å²) in [5.41, 5.74) is 9.70. The molecule has 0 aliphatic carbocycles. The Morgan fingerprint density at radius 2 is 2.13 bits per heavy atom. The standard InChI is InChI=1S/C13H18N2/c1-3-15-10(2)9-12-6-4-5-11(7-8-14)13(12)15/h4-6,9H,3,7-8,14H2,1-2H3. The molecule has 0 bridgehead atoms. The molecule has 0 spiro atoms. The molecule has 0 fully saturated rings. The lowest BCUT2D eigenvalue weighted by atomic mass is 10.1. The quantitative estimate of drug-likeness (QED) is 0.814. The first-order chi connectivity index (χ1) is 7.27. The highest BCUT2D eigenvalue weighted by Gasteiger charge is 2.07. The van der Waals surface area contributed by atoms with Crippen LogP contribution < -0.4 is 5.73 Å². The Morgan fingerprint density at radius 3 is 2.80 bits per heavy atom. The van der Waals surface area contributed by atoms with Crippen molar-refractivity contribution in [2.24, 2.45) is 5.73 Å². The van der Waals surface area contributed by atoms with E-state index in [0.717, 1.165) is 13.0 Å². The Morgan fingerprint density at radius 1 is 1.33 bits per heavy atom. The van der Waals surface area contributed by atoms with Crippen molar-refractivity contribution in [3.8, 4) is 0 Å². The van der Waals surface area contributed by atoms with E-state index in [4.69, 9.17) is 5.73 Å². The fourth-order valence-corrected chi connectivity index (χ4v) is 2.30. The van der Waals surface area contributed by atoms with Gasteiger partial charge in [0.2, 0.25) is 0 Å². The van der Waals surface area contributed by atoms with Crippen LogP contribution in [0.25, 0.3) is 10.9 Å². The van der Waals surface area contributed by atoms with Crippen LogP contribution in [0, 0.1) is 6.92 Å². The monoisotopic (exact) mass is 202 g/mol. The SMILES string of the molecule is CCn1c(C)cc2cccc(CCN)c21. The number of fused-ring (bicyclic) bond motifs is 1. The van der Waals surface area contributed by atoms with E-state index in [1.807, 2.05) is 0 Å². The maximum atomic E-state index is 5.64. The third-order valence-electron chi connectivity index (χ3n) is 2.94. The van der Waals surface area contributed by atoms with Crippen molar-refractivity contribution in [2.45, 2.75) is 26.8 Å². The van der Waals surface area contributed by atoms with E-state index in [9.17, 15) is 0 Å². The summed E-state index contributed by atoms with van der Waals surface area (Å²) < 4.78 is 2.36. The number of para-hydroxylation sites is 1. The van der Waals surface area contributed by atoms with E-state index in [-0.39, 0.29) is 0 Å². The first-order valence-corrected chi connectivity index (χ1v) is 5.55. The van der Waals surface area contributed by atoms with Gasteiger partial charge < -0.3 is 10.3 Å². The van der Waals surface area contributed by atoms with Gasteiger partial charge in [-0.15, -0.1) is 0 Å². The number of hydrogen-bond acceptors (Lipinski definition) is 1. The lowest BCUT2D eigenvalue weighted by Gasteiger charge is -2.08. The summed E-state index contributed by atoms with van der Waals surface area (Å²) in [4.78, 5) is 0. The summed E-state index contributed by atoms with van der Waals surface area (Å²) in [6.07, 6.45) is 0.959. The molecule has 0 aliphatic rings. The lowest BCUT2D eigenvalue weighted by Crippen LogP contribution is -2.05. The third kappa shape index (κ3) is 1.65. The van der Waals surface area contributed by atoms with Gasteiger partial charge in [0, 0.05) is 17.6 Å². The first-order valence-electron chi connectivity index (χ1n) is 5.55. The summed E-state index contributed by atoms with van der Waals surface area (Å²) >= 11 is 0. The summed E-state index contributed by atoms with van der Waals surface area (Å²) in [7, 11) is 0. The van der Waals surface area contributed by atoms with E-state index < -0.39 is 0 Å². The number of aromatic nitrogens is 1. The van der Waals surface area contributed by atoms with Gasteiger partial charge in [-0.05, 0) is 38.4 Å². The van der Waals surface area contributed by atoms with Crippen LogP contribution >= 0.6 is 0 Å². The number of hydrogen-bond donors (Lipinski definition) is 1. The van der Waals surface area contributed by atoms with E-state index in [0.29, 0.717) is 6.54 Å². The smallest absolute Gasteiger partial charge is 0.0515 e. The van der Waals surface area contributed by atoms with Gasteiger partial charge in [-0.25, -0.2) is 0 Å².